The highest BCUT2D eigenvalue weighted by molar-refractivity contribution is 6.31. The van der Waals surface area contributed by atoms with Crippen molar-refractivity contribution in [2.45, 2.75) is 33.3 Å². The Morgan fingerprint density at radius 1 is 1.50 bits per heavy atom. The van der Waals surface area contributed by atoms with Crippen LogP contribution in [-0.2, 0) is 11.2 Å². The van der Waals surface area contributed by atoms with Crippen LogP contribution < -0.4 is 0 Å². The molecule has 0 saturated heterocycles. The van der Waals surface area contributed by atoms with Crippen molar-refractivity contribution in [2.24, 2.45) is 0 Å². The van der Waals surface area contributed by atoms with E-state index in [9.17, 15) is 14.9 Å². The molecule has 0 radical (unpaired) electrons. The zero-order valence-electron chi connectivity index (χ0n) is 10.4. The molecule has 5 nitrogen and oxygen atoms in total. The summed E-state index contributed by atoms with van der Waals surface area (Å²) in [5, 5.41) is 11.3. The van der Waals surface area contributed by atoms with Gasteiger partial charge in [-0.15, -0.1) is 0 Å². The molecule has 0 unspecified atom stereocenters. The lowest BCUT2D eigenvalue weighted by molar-refractivity contribution is -0.385. The van der Waals surface area contributed by atoms with Gasteiger partial charge in [0.05, 0.1) is 11.0 Å². The minimum absolute atomic E-state index is 0.115. The number of aryl methyl sites for hydroxylation is 1. The third kappa shape index (κ3) is 3.20. The number of nitro benzene ring substituents is 1. The summed E-state index contributed by atoms with van der Waals surface area (Å²) in [5.74, 6) is -0.735. The molecule has 1 rings (SSSR count). The number of hydrogen-bond donors (Lipinski definition) is 0. The first-order chi connectivity index (χ1) is 8.36. The Hall–Kier alpha value is -1.62. The van der Waals surface area contributed by atoms with E-state index in [2.05, 4.69) is 0 Å². The number of ether oxygens (including phenoxy) is 1. The van der Waals surface area contributed by atoms with E-state index in [0.717, 1.165) is 0 Å². The first-order valence-corrected chi connectivity index (χ1v) is 5.92. The van der Waals surface area contributed by atoms with Gasteiger partial charge < -0.3 is 4.74 Å². The number of nitrogens with zero attached hydrogens (tertiary/aromatic N) is 1. The highest BCUT2D eigenvalue weighted by Gasteiger charge is 2.24. The molecule has 0 aliphatic carbocycles. The van der Waals surface area contributed by atoms with E-state index in [4.69, 9.17) is 16.3 Å². The van der Waals surface area contributed by atoms with Gasteiger partial charge in [0.15, 0.2) is 0 Å². The number of halogens is 1. The molecule has 0 aromatic heterocycles. The molecule has 0 atom stereocenters. The summed E-state index contributed by atoms with van der Waals surface area (Å²) >= 11 is 5.96. The van der Waals surface area contributed by atoms with Gasteiger partial charge in [-0.25, -0.2) is 4.79 Å². The van der Waals surface area contributed by atoms with Gasteiger partial charge in [-0.2, -0.15) is 0 Å². The van der Waals surface area contributed by atoms with E-state index in [0.29, 0.717) is 17.0 Å². The number of nitro groups is 1. The summed E-state index contributed by atoms with van der Waals surface area (Å²) in [5.41, 5.74) is 0.238. The van der Waals surface area contributed by atoms with E-state index < -0.39 is 10.9 Å². The lowest BCUT2D eigenvalue weighted by Gasteiger charge is -2.10. The van der Waals surface area contributed by atoms with Crippen molar-refractivity contribution in [1.29, 1.82) is 0 Å². The van der Waals surface area contributed by atoms with Crippen molar-refractivity contribution >= 4 is 23.3 Å². The highest BCUT2D eigenvalue weighted by Crippen LogP contribution is 2.28. The second kappa shape index (κ2) is 5.82. The molecule has 98 valence electrons. The maximum atomic E-state index is 11.7. The predicted octanol–water partition coefficient (Wildman–Crippen LogP) is 3.38. The summed E-state index contributed by atoms with van der Waals surface area (Å²) in [7, 11) is 0. The van der Waals surface area contributed by atoms with Crippen LogP contribution in [0.25, 0.3) is 0 Å². The molecule has 0 amide bonds. The summed E-state index contributed by atoms with van der Waals surface area (Å²) in [6, 6.07) is 2.61. The number of carbonyl (C=O) groups excluding carboxylic acids is 1. The number of esters is 1. The topological polar surface area (TPSA) is 69.4 Å². The molecule has 0 aliphatic rings. The summed E-state index contributed by atoms with van der Waals surface area (Å²) in [4.78, 5) is 22.1. The van der Waals surface area contributed by atoms with Crippen molar-refractivity contribution in [2.75, 3.05) is 0 Å². The largest absolute Gasteiger partial charge is 0.459 e. The second-order valence-electron chi connectivity index (χ2n) is 4.03. The Bertz CT molecular complexity index is 485. The molecule has 18 heavy (non-hydrogen) atoms. The summed E-state index contributed by atoms with van der Waals surface area (Å²) < 4.78 is 4.95. The number of hydrogen-bond acceptors (Lipinski definition) is 4. The molecule has 1 aromatic carbocycles. The number of carbonyl (C=O) groups is 1. The average molecular weight is 272 g/mol. The quantitative estimate of drug-likeness (QED) is 0.478. The second-order valence-corrected chi connectivity index (χ2v) is 4.43. The van der Waals surface area contributed by atoms with E-state index in [-0.39, 0.29) is 17.4 Å². The van der Waals surface area contributed by atoms with Gasteiger partial charge in [0.25, 0.3) is 5.69 Å². The summed E-state index contributed by atoms with van der Waals surface area (Å²) in [6.07, 6.45) is 0.209. The van der Waals surface area contributed by atoms with Gasteiger partial charge in [0, 0.05) is 11.1 Å². The first kappa shape index (κ1) is 14.4. The molecule has 0 N–H and O–H groups in total. The minimum atomic E-state index is -0.735. The van der Waals surface area contributed by atoms with Crippen LogP contribution in [0, 0.1) is 10.1 Å². The van der Waals surface area contributed by atoms with Gasteiger partial charge in [-0.05, 0) is 31.9 Å². The normalized spacial score (nSPS) is 10.5. The Balaban J connectivity index is 3.29. The highest BCUT2D eigenvalue weighted by atomic mass is 35.5. The molecule has 6 heteroatoms. The van der Waals surface area contributed by atoms with E-state index in [1.165, 1.54) is 12.1 Å². The Labute approximate surface area is 110 Å². The van der Waals surface area contributed by atoms with Crippen molar-refractivity contribution in [3.63, 3.8) is 0 Å². The third-order valence-corrected chi connectivity index (χ3v) is 2.66. The van der Waals surface area contributed by atoms with E-state index >= 15 is 0 Å². The SMILES string of the molecule is CCc1cc([N+](=O)[O-])c(C(=O)OC(C)C)cc1Cl. The molecule has 0 heterocycles. The lowest BCUT2D eigenvalue weighted by Crippen LogP contribution is -2.13. The fourth-order valence-electron chi connectivity index (χ4n) is 1.47. The van der Waals surface area contributed by atoms with Gasteiger partial charge in [-0.3, -0.25) is 10.1 Å². The molecule has 1 aromatic rings. The van der Waals surface area contributed by atoms with Gasteiger partial charge >= 0.3 is 5.97 Å². The standard InChI is InChI=1S/C12H14ClNO4/c1-4-8-5-11(14(16)17)9(6-10(8)13)12(15)18-7(2)3/h5-7H,4H2,1-3H3. The van der Waals surface area contributed by atoms with Crippen molar-refractivity contribution < 1.29 is 14.5 Å². The maximum absolute atomic E-state index is 11.7. The van der Waals surface area contributed by atoms with Crippen LogP contribution in [0.4, 0.5) is 5.69 Å². The van der Waals surface area contributed by atoms with E-state index in [1.807, 2.05) is 6.92 Å². The third-order valence-electron chi connectivity index (χ3n) is 2.30. The van der Waals surface area contributed by atoms with Crippen LogP contribution >= 0.6 is 11.6 Å². The Kier molecular flexibility index (Phi) is 4.67. The predicted molar refractivity (Wildman–Crippen MR) is 68.0 cm³/mol. The fourth-order valence-corrected chi connectivity index (χ4v) is 1.77. The number of rotatable bonds is 4. The lowest BCUT2D eigenvalue weighted by atomic mass is 10.1. The number of benzene rings is 1. The molecule has 0 fully saturated rings. The minimum Gasteiger partial charge on any atom is -0.459 e. The maximum Gasteiger partial charge on any atom is 0.345 e. The molecule has 0 bridgehead atoms. The van der Waals surface area contributed by atoms with Crippen LogP contribution in [0.1, 0.15) is 36.7 Å². The van der Waals surface area contributed by atoms with Gasteiger partial charge in [0.2, 0.25) is 0 Å². The molecular formula is C12H14ClNO4. The van der Waals surface area contributed by atoms with Crippen LogP contribution in [-0.4, -0.2) is 17.0 Å². The zero-order valence-corrected chi connectivity index (χ0v) is 11.2. The van der Waals surface area contributed by atoms with Gasteiger partial charge in [0.1, 0.15) is 5.56 Å². The van der Waals surface area contributed by atoms with Gasteiger partial charge in [-0.1, -0.05) is 18.5 Å². The van der Waals surface area contributed by atoms with Crippen molar-refractivity contribution in [1.82, 2.24) is 0 Å². The smallest absolute Gasteiger partial charge is 0.345 e. The van der Waals surface area contributed by atoms with E-state index in [1.54, 1.807) is 13.8 Å². The monoisotopic (exact) mass is 271 g/mol. The Morgan fingerprint density at radius 2 is 2.11 bits per heavy atom. The zero-order chi connectivity index (χ0) is 13.9. The van der Waals surface area contributed by atoms with Crippen LogP contribution in [0.15, 0.2) is 12.1 Å². The molecule has 0 saturated carbocycles. The summed E-state index contributed by atoms with van der Waals surface area (Å²) in [6.45, 7) is 5.18. The van der Waals surface area contributed by atoms with Crippen LogP contribution in [0.2, 0.25) is 5.02 Å². The average Bonchev–Trinajstić information content (AvgIpc) is 2.27. The fraction of sp³-hybridized carbons (Fsp3) is 0.417. The van der Waals surface area contributed by atoms with Crippen LogP contribution in [0.3, 0.4) is 0 Å². The first-order valence-electron chi connectivity index (χ1n) is 5.54. The molecule has 0 aliphatic heterocycles. The van der Waals surface area contributed by atoms with Crippen LogP contribution in [0.5, 0.6) is 0 Å². The van der Waals surface area contributed by atoms with Crippen molar-refractivity contribution in [3.8, 4) is 0 Å². The van der Waals surface area contributed by atoms with Crippen molar-refractivity contribution in [3.05, 3.63) is 38.4 Å². The Morgan fingerprint density at radius 3 is 2.56 bits per heavy atom. The molecule has 0 spiro atoms. The molecular weight excluding hydrogens is 258 g/mol.